The predicted molar refractivity (Wildman–Crippen MR) is 82.4 cm³/mol. The molecule has 116 valence electrons. The second kappa shape index (κ2) is 6.56. The van der Waals surface area contributed by atoms with Crippen LogP contribution in [0.25, 0.3) is 0 Å². The van der Waals surface area contributed by atoms with Crippen LogP contribution in [-0.2, 0) is 16.0 Å². The minimum Gasteiger partial charge on any atom is -0.481 e. The molecule has 1 saturated carbocycles. The molecule has 1 unspecified atom stereocenters. The zero-order valence-electron chi connectivity index (χ0n) is 12.5. The number of carbonyl (C=O) groups excluding carboxylic acids is 1. The number of rotatable bonds is 6. The molecule has 1 heterocycles. The highest BCUT2D eigenvalue weighted by Gasteiger charge is 2.39. The van der Waals surface area contributed by atoms with Gasteiger partial charge in [-0.3, -0.25) is 9.59 Å². The Morgan fingerprint density at radius 1 is 1.52 bits per heavy atom. The number of hydrogen-bond donors (Lipinski definition) is 2. The molecule has 6 heteroatoms. The molecule has 0 saturated heterocycles. The van der Waals surface area contributed by atoms with Gasteiger partial charge in [0.15, 0.2) is 5.13 Å². The minimum absolute atomic E-state index is 0.0526. The molecule has 0 aliphatic heterocycles. The number of hydrogen-bond acceptors (Lipinski definition) is 4. The fraction of sp³-hybridized carbons (Fsp3) is 0.667. The maximum atomic E-state index is 12.3. The number of aliphatic carboxylic acids is 1. The highest BCUT2D eigenvalue weighted by Crippen LogP contribution is 2.43. The molecule has 2 N–H and O–H groups in total. The predicted octanol–water partition coefficient (Wildman–Crippen LogP) is 3.32. The Morgan fingerprint density at radius 2 is 2.29 bits per heavy atom. The summed E-state index contributed by atoms with van der Waals surface area (Å²) in [6, 6.07) is 0. The molecule has 0 bridgehead atoms. The van der Waals surface area contributed by atoms with E-state index in [1.807, 2.05) is 5.38 Å². The van der Waals surface area contributed by atoms with Crippen molar-refractivity contribution in [1.29, 1.82) is 0 Å². The summed E-state index contributed by atoms with van der Waals surface area (Å²) in [5.41, 5.74) is 0.910. The Bertz CT molecular complexity index is 525. The fourth-order valence-corrected chi connectivity index (χ4v) is 3.65. The molecule has 21 heavy (non-hydrogen) atoms. The summed E-state index contributed by atoms with van der Waals surface area (Å²) in [5.74, 6) is -0.678. The average molecular weight is 310 g/mol. The summed E-state index contributed by atoms with van der Waals surface area (Å²) in [5, 5.41) is 14.0. The molecule has 0 aromatic carbocycles. The van der Waals surface area contributed by atoms with Crippen molar-refractivity contribution in [3.8, 4) is 0 Å². The Balaban J connectivity index is 1.87. The summed E-state index contributed by atoms with van der Waals surface area (Å²) in [6.07, 6.45) is 4.48. The number of aromatic nitrogens is 1. The summed E-state index contributed by atoms with van der Waals surface area (Å²) < 4.78 is 0. The number of carboxylic acid groups (broad SMARTS) is 1. The first-order valence-electron chi connectivity index (χ1n) is 7.35. The SMILES string of the molecule is CC1(C)CCCC1C(=O)Nc1nc(CCCC(=O)O)cs1. The number of carbonyl (C=O) groups is 2. The van der Waals surface area contributed by atoms with Gasteiger partial charge in [-0.25, -0.2) is 4.98 Å². The molecule has 1 fully saturated rings. The number of thiazole rings is 1. The van der Waals surface area contributed by atoms with Gasteiger partial charge in [0.2, 0.25) is 5.91 Å². The number of carboxylic acids is 1. The van der Waals surface area contributed by atoms with Gasteiger partial charge in [0.25, 0.3) is 0 Å². The lowest BCUT2D eigenvalue weighted by atomic mass is 9.81. The second-order valence-electron chi connectivity index (χ2n) is 6.31. The van der Waals surface area contributed by atoms with E-state index >= 15 is 0 Å². The number of anilines is 1. The molecule has 0 radical (unpaired) electrons. The number of aryl methyl sites for hydroxylation is 1. The van der Waals surface area contributed by atoms with Crippen LogP contribution in [0.1, 0.15) is 51.6 Å². The molecule has 5 nitrogen and oxygen atoms in total. The molecular weight excluding hydrogens is 288 g/mol. The monoisotopic (exact) mass is 310 g/mol. The first kappa shape index (κ1) is 15.9. The Labute approximate surface area is 128 Å². The average Bonchev–Trinajstić information content (AvgIpc) is 2.95. The largest absolute Gasteiger partial charge is 0.481 e. The molecular formula is C15H22N2O3S. The molecule has 0 spiro atoms. The number of amides is 1. The van der Waals surface area contributed by atoms with Crippen molar-refractivity contribution in [3.05, 3.63) is 11.1 Å². The summed E-state index contributed by atoms with van der Waals surface area (Å²) >= 11 is 1.41. The molecule has 1 aromatic rings. The van der Waals surface area contributed by atoms with Gasteiger partial charge in [0.05, 0.1) is 5.69 Å². The quantitative estimate of drug-likeness (QED) is 0.845. The molecule has 1 amide bonds. The van der Waals surface area contributed by atoms with Crippen molar-refractivity contribution in [3.63, 3.8) is 0 Å². The smallest absolute Gasteiger partial charge is 0.303 e. The first-order valence-corrected chi connectivity index (χ1v) is 8.23. The van der Waals surface area contributed by atoms with E-state index in [2.05, 4.69) is 24.1 Å². The van der Waals surface area contributed by atoms with E-state index in [1.54, 1.807) is 0 Å². The van der Waals surface area contributed by atoms with Crippen LogP contribution in [0.4, 0.5) is 5.13 Å². The van der Waals surface area contributed by atoms with Crippen LogP contribution >= 0.6 is 11.3 Å². The lowest BCUT2D eigenvalue weighted by Gasteiger charge is -2.25. The Hall–Kier alpha value is -1.43. The van der Waals surface area contributed by atoms with Crippen molar-refractivity contribution in [2.24, 2.45) is 11.3 Å². The van der Waals surface area contributed by atoms with Crippen LogP contribution in [0.3, 0.4) is 0 Å². The van der Waals surface area contributed by atoms with Gasteiger partial charge in [0, 0.05) is 17.7 Å². The lowest BCUT2D eigenvalue weighted by molar-refractivity contribution is -0.137. The van der Waals surface area contributed by atoms with Gasteiger partial charge in [-0.05, 0) is 31.1 Å². The summed E-state index contributed by atoms with van der Waals surface area (Å²) in [4.78, 5) is 27.2. The van der Waals surface area contributed by atoms with Crippen molar-refractivity contribution >= 4 is 28.3 Å². The van der Waals surface area contributed by atoms with Gasteiger partial charge in [0.1, 0.15) is 0 Å². The normalized spacial score (nSPS) is 20.4. The van der Waals surface area contributed by atoms with Crippen LogP contribution in [0.15, 0.2) is 5.38 Å². The van der Waals surface area contributed by atoms with E-state index in [9.17, 15) is 9.59 Å². The van der Waals surface area contributed by atoms with Gasteiger partial charge < -0.3 is 10.4 Å². The summed E-state index contributed by atoms with van der Waals surface area (Å²) in [6.45, 7) is 4.28. The molecule has 1 aliphatic carbocycles. The highest BCUT2D eigenvalue weighted by atomic mass is 32.1. The fourth-order valence-electron chi connectivity index (χ4n) is 2.91. The second-order valence-corrected chi connectivity index (χ2v) is 7.17. The lowest BCUT2D eigenvalue weighted by Crippen LogP contribution is -2.30. The molecule has 2 rings (SSSR count). The maximum absolute atomic E-state index is 12.3. The third-order valence-corrected chi connectivity index (χ3v) is 4.99. The molecule has 1 aromatic heterocycles. The van der Waals surface area contributed by atoms with Crippen molar-refractivity contribution in [2.75, 3.05) is 5.32 Å². The van der Waals surface area contributed by atoms with Gasteiger partial charge in [-0.15, -0.1) is 11.3 Å². The number of nitrogens with zero attached hydrogens (tertiary/aromatic N) is 1. The minimum atomic E-state index is -0.790. The molecule has 1 atom stereocenters. The van der Waals surface area contributed by atoms with Crippen LogP contribution in [0.5, 0.6) is 0 Å². The highest BCUT2D eigenvalue weighted by molar-refractivity contribution is 7.13. The summed E-state index contributed by atoms with van der Waals surface area (Å²) in [7, 11) is 0. The Kier molecular flexibility index (Phi) is 4.98. The molecule has 1 aliphatic rings. The topological polar surface area (TPSA) is 79.3 Å². The van der Waals surface area contributed by atoms with E-state index in [0.717, 1.165) is 25.0 Å². The third-order valence-electron chi connectivity index (χ3n) is 4.18. The van der Waals surface area contributed by atoms with E-state index < -0.39 is 5.97 Å². The Morgan fingerprint density at radius 3 is 2.90 bits per heavy atom. The standard InChI is InChI=1S/C15H22N2O3S/c1-15(2)8-4-6-11(15)13(20)17-14-16-10(9-21-14)5-3-7-12(18)19/h9,11H,3-8H2,1-2H3,(H,18,19)(H,16,17,20). The van der Waals surface area contributed by atoms with Crippen molar-refractivity contribution in [1.82, 2.24) is 4.98 Å². The van der Waals surface area contributed by atoms with Gasteiger partial charge >= 0.3 is 5.97 Å². The number of nitrogens with one attached hydrogen (secondary N) is 1. The van der Waals surface area contributed by atoms with E-state index in [0.29, 0.717) is 18.0 Å². The zero-order chi connectivity index (χ0) is 15.5. The van der Waals surface area contributed by atoms with Crippen LogP contribution in [-0.4, -0.2) is 22.0 Å². The van der Waals surface area contributed by atoms with E-state index in [4.69, 9.17) is 5.11 Å². The van der Waals surface area contributed by atoms with Crippen LogP contribution in [0.2, 0.25) is 0 Å². The van der Waals surface area contributed by atoms with Crippen molar-refractivity contribution < 1.29 is 14.7 Å². The van der Waals surface area contributed by atoms with Crippen LogP contribution in [0, 0.1) is 11.3 Å². The van der Waals surface area contributed by atoms with Gasteiger partial charge in [-0.1, -0.05) is 20.3 Å². The van der Waals surface area contributed by atoms with Crippen LogP contribution < -0.4 is 5.32 Å². The first-order chi connectivity index (χ1) is 9.88. The van der Waals surface area contributed by atoms with E-state index in [-0.39, 0.29) is 23.7 Å². The van der Waals surface area contributed by atoms with E-state index in [1.165, 1.54) is 11.3 Å². The zero-order valence-corrected chi connectivity index (χ0v) is 13.3. The third kappa shape index (κ3) is 4.27. The van der Waals surface area contributed by atoms with Gasteiger partial charge in [-0.2, -0.15) is 0 Å². The maximum Gasteiger partial charge on any atom is 0.303 e. The van der Waals surface area contributed by atoms with Crippen molar-refractivity contribution in [2.45, 2.75) is 52.4 Å².